The molecule has 2 aliphatic carbocycles. The van der Waals surface area contributed by atoms with E-state index in [-0.39, 0.29) is 11.2 Å². The normalized spacial score (nSPS) is 23.7. The number of carbonyl (C=O) groups is 1. The zero-order valence-electron chi connectivity index (χ0n) is 11.9. The van der Waals surface area contributed by atoms with Gasteiger partial charge in [-0.25, -0.2) is 4.39 Å². The molecule has 106 valence electrons. The summed E-state index contributed by atoms with van der Waals surface area (Å²) in [5, 5.41) is 0. The zero-order valence-corrected chi connectivity index (χ0v) is 11.9. The van der Waals surface area contributed by atoms with Gasteiger partial charge in [0.25, 0.3) is 0 Å². The number of benzene rings is 1. The Kier molecular flexibility index (Phi) is 2.49. The summed E-state index contributed by atoms with van der Waals surface area (Å²) in [4.78, 5) is 12.2. The smallest absolute Gasteiger partial charge is 0.143 e. The van der Waals surface area contributed by atoms with E-state index < -0.39 is 0 Å². The van der Waals surface area contributed by atoms with Crippen molar-refractivity contribution in [1.29, 1.82) is 0 Å². The van der Waals surface area contributed by atoms with Gasteiger partial charge in [0, 0.05) is 24.0 Å². The summed E-state index contributed by atoms with van der Waals surface area (Å²) in [7, 11) is 0. The molecular weight excluding hydrogens is 265 g/mol. The van der Waals surface area contributed by atoms with E-state index in [1.54, 1.807) is 12.1 Å². The molecule has 0 aliphatic heterocycles. The Bertz CT molecular complexity index is 769. The molecule has 4 rings (SSSR count). The van der Waals surface area contributed by atoms with Crippen LogP contribution in [0.2, 0.25) is 0 Å². The van der Waals surface area contributed by atoms with Gasteiger partial charge < -0.3 is 4.57 Å². The minimum Gasteiger partial charge on any atom is -0.317 e. The van der Waals surface area contributed by atoms with Crippen LogP contribution in [0.15, 0.2) is 42.1 Å². The minimum absolute atomic E-state index is 0.230. The lowest BCUT2D eigenvalue weighted by atomic mass is 9.74. The zero-order chi connectivity index (χ0) is 14.6. The molecule has 1 aromatic heterocycles. The highest BCUT2D eigenvalue weighted by Crippen LogP contribution is 2.47. The molecule has 0 bridgehead atoms. The third kappa shape index (κ3) is 1.73. The number of rotatable bonds is 1. The van der Waals surface area contributed by atoms with Crippen molar-refractivity contribution in [2.45, 2.75) is 26.2 Å². The topological polar surface area (TPSA) is 22.0 Å². The van der Waals surface area contributed by atoms with Crippen molar-refractivity contribution in [3.05, 3.63) is 59.2 Å². The number of allylic oxidation sites excluding steroid dienone is 1. The Morgan fingerprint density at radius 1 is 1.14 bits per heavy atom. The van der Waals surface area contributed by atoms with Gasteiger partial charge in [-0.15, -0.1) is 0 Å². The van der Waals surface area contributed by atoms with Gasteiger partial charge in [0.15, 0.2) is 0 Å². The minimum atomic E-state index is -0.304. The van der Waals surface area contributed by atoms with Crippen LogP contribution in [0, 0.1) is 11.2 Å². The van der Waals surface area contributed by atoms with Crippen molar-refractivity contribution in [3.63, 3.8) is 0 Å². The van der Waals surface area contributed by atoms with Crippen molar-refractivity contribution >= 4 is 11.9 Å². The Labute approximate surface area is 122 Å². The van der Waals surface area contributed by atoms with Crippen LogP contribution in [-0.2, 0) is 11.2 Å². The van der Waals surface area contributed by atoms with Crippen molar-refractivity contribution < 1.29 is 9.18 Å². The molecule has 0 radical (unpaired) electrons. The number of aromatic nitrogens is 1. The van der Waals surface area contributed by atoms with Crippen LogP contribution >= 0.6 is 0 Å². The van der Waals surface area contributed by atoms with Crippen molar-refractivity contribution in [1.82, 2.24) is 4.57 Å². The first kappa shape index (κ1) is 12.6. The fourth-order valence-electron chi connectivity index (χ4n) is 3.59. The first-order chi connectivity index (χ1) is 10.1. The van der Waals surface area contributed by atoms with Crippen molar-refractivity contribution in [2.75, 3.05) is 0 Å². The Hall–Kier alpha value is -2.16. The summed E-state index contributed by atoms with van der Waals surface area (Å²) in [6, 6.07) is 8.58. The predicted molar refractivity (Wildman–Crippen MR) is 79.8 cm³/mol. The number of ketones is 1. The van der Waals surface area contributed by atoms with Crippen LogP contribution in [0.5, 0.6) is 0 Å². The molecule has 0 N–H and O–H groups in total. The molecular formula is C18H16FNO. The molecule has 3 heteroatoms. The molecule has 0 spiro atoms. The van der Waals surface area contributed by atoms with E-state index in [4.69, 9.17) is 0 Å². The predicted octanol–water partition coefficient (Wildman–Crippen LogP) is 3.93. The number of fused-ring (bicyclic) bond motifs is 2. The maximum Gasteiger partial charge on any atom is 0.143 e. The van der Waals surface area contributed by atoms with Gasteiger partial charge in [-0.1, -0.05) is 5.57 Å². The second-order valence-corrected chi connectivity index (χ2v) is 6.17. The summed E-state index contributed by atoms with van der Waals surface area (Å²) in [6.45, 7) is 2.06. The Balaban J connectivity index is 1.84. The third-order valence-electron chi connectivity index (χ3n) is 4.92. The molecule has 1 fully saturated rings. The fraction of sp³-hybridized carbons (Fsp3) is 0.278. The summed E-state index contributed by atoms with van der Waals surface area (Å²) >= 11 is 0. The van der Waals surface area contributed by atoms with Gasteiger partial charge in [0.2, 0.25) is 0 Å². The van der Waals surface area contributed by atoms with Gasteiger partial charge in [-0.05, 0) is 61.7 Å². The second-order valence-electron chi connectivity index (χ2n) is 6.17. The molecule has 1 heterocycles. The van der Waals surface area contributed by atoms with E-state index in [0.29, 0.717) is 12.2 Å². The first-order valence-electron chi connectivity index (χ1n) is 7.28. The molecule has 2 aliphatic rings. The molecule has 1 unspecified atom stereocenters. The number of halogens is 1. The monoisotopic (exact) mass is 281 g/mol. The van der Waals surface area contributed by atoms with Gasteiger partial charge in [0.1, 0.15) is 11.6 Å². The summed E-state index contributed by atoms with van der Waals surface area (Å²) < 4.78 is 15.2. The quantitative estimate of drug-likeness (QED) is 0.776. The second kappa shape index (κ2) is 4.17. The highest BCUT2D eigenvalue weighted by molar-refractivity contribution is 5.94. The molecule has 0 saturated heterocycles. The molecule has 1 saturated carbocycles. The van der Waals surface area contributed by atoms with Crippen molar-refractivity contribution in [3.8, 4) is 5.69 Å². The number of hydrogen-bond donors (Lipinski definition) is 0. The molecule has 2 nitrogen and oxygen atoms in total. The average molecular weight is 281 g/mol. The molecule has 0 amide bonds. The van der Waals surface area contributed by atoms with Crippen LogP contribution in [0.1, 0.15) is 31.0 Å². The van der Waals surface area contributed by atoms with Gasteiger partial charge in [0.05, 0.1) is 5.41 Å². The summed E-state index contributed by atoms with van der Waals surface area (Å²) in [5.41, 5.74) is 4.20. The van der Waals surface area contributed by atoms with Crippen LogP contribution in [-0.4, -0.2) is 10.4 Å². The van der Waals surface area contributed by atoms with Gasteiger partial charge >= 0.3 is 0 Å². The highest BCUT2D eigenvalue weighted by Gasteiger charge is 2.44. The van der Waals surface area contributed by atoms with Gasteiger partial charge in [-0.3, -0.25) is 4.79 Å². The van der Waals surface area contributed by atoms with Gasteiger partial charge in [-0.2, -0.15) is 0 Å². The maximum atomic E-state index is 13.1. The summed E-state index contributed by atoms with van der Waals surface area (Å²) in [5.74, 6) is 0.126. The van der Waals surface area contributed by atoms with Crippen molar-refractivity contribution in [2.24, 2.45) is 5.41 Å². The van der Waals surface area contributed by atoms with Crippen LogP contribution in [0.4, 0.5) is 4.39 Å². The SMILES string of the molecule is CC12Cc3ccn(-c4ccc(F)cc4)c3C=C1CCC2=O. The standard InChI is InChI=1S/C18H16FNO/c1-18-11-12-8-9-20(15-5-3-14(19)4-6-15)16(12)10-13(18)2-7-17(18)21/h3-6,8-10H,2,7,11H2,1H3. The molecule has 1 aromatic carbocycles. The number of hydrogen-bond acceptors (Lipinski definition) is 1. The molecule has 1 atom stereocenters. The average Bonchev–Trinajstić information content (AvgIpc) is 2.99. The van der Waals surface area contributed by atoms with E-state index in [1.807, 2.05) is 6.20 Å². The number of nitrogens with zero attached hydrogens (tertiary/aromatic N) is 1. The maximum absolute atomic E-state index is 13.1. The largest absolute Gasteiger partial charge is 0.317 e. The Morgan fingerprint density at radius 3 is 2.67 bits per heavy atom. The van der Waals surface area contributed by atoms with E-state index in [1.165, 1.54) is 23.3 Å². The third-order valence-corrected chi connectivity index (χ3v) is 4.92. The van der Waals surface area contributed by atoms with Crippen LogP contribution in [0.3, 0.4) is 0 Å². The summed E-state index contributed by atoms with van der Waals surface area (Å²) in [6.07, 6.45) is 6.46. The lowest BCUT2D eigenvalue weighted by Gasteiger charge is -2.29. The van der Waals surface area contributed by atoms with Crippen LogP contribution < -0.4 is 0 Å². The van der Waals surface area contributed by atoms with E-state index in [2.05, 4.69) is 23.6 Å². The molecule has 2 aromatic rings. The Morgan fingerprint density at radius 2 is 1.90 bits per heavy atom. The molecule has 21 heavy (non-hydrogen) atoms. The number of Topliss-reactive ketones (excluding diaryl/α,β-unsaturated/α-hetero) is 1. The highest BCUT2D eigenvalue weighted by atomic mass is 19.1. The lowest BCUT2D eigenvalue weighted by molar-refractivity contribution is -0.123. The first-order valence-corrected chi connectivity index (χ1v) is 7.28. The fourth-order valence-corrected chi connectivity index (χ4v) is 3.59. The lowest BCUT2D eigenvalue weighted by Crippen LogP contribution is -2.28. The van der Waals surface area contributed by atoms with E-state index >= 15 is 0 Å². The van der Waals surface area contributed by atoms with E-state index in [0.717, 1.165) is 24.2 Å². The number of carbonyl (C=O) groups excluding carboxylic acids is 1. The van der Waals surface area contributed by atoms with Crippen LogP contribution in [0.25, 0.3) is 11.8 Å². The van der Waals surface area contributed by atoms with E-state index in [9.17, 15) is 9.18 Å².